The van der Waals surface area contributed by atoms with Crippen LogP contribution in [0.25, 0.3) is 0 Å². The van der Waals surface area contributed by atoms with Crippen molar-refractivity contribution < 1.29 is 14.7 Å². The molecule has 0 fully saturated rings. The van der Waals surface area contributed by atoms with E-state index >= 15 is 0 Å². The Morgan fingerprint density at radius 2 is 2.16 bits per heavy atom. The Hall–Kier alpha value is -2.10. The first-order valence-electron chi connectivity index (χ1n) is 6.15. The van der Waals surface area contributed by atoms with E-state index in [9.17, 15) is 9.59 Å². The second-order valence-corrected chi connectivity index (χ2v) is 4.61. The topological polar surface area (TPSA) is 57.6 Å². The molecule has 0 spiro atoms. The van der Waals surface area contributed by atoms with E-state index in [4.69, 9.17) is 5.11 Å². The molecule has 102 valence electrons. The molecule has 1 aromatic rings. The molecule has 1 N–H and O–H groups in total. The van der Waals surface area contributed by atoms with Gasteiger partial charge in [-0.25, -0.2) is 0 Å². The van der Waals surface area contributed by atoms with Gasteiger partial charge in [-0.3, -0.25) is 9.59 Å². The lowest BCUT2D eigenvalue weighted by atomic mass is 10.1. The zero-order valence-electron chi connectivity index (χ0n) is 11.3. The Morgan fingerprint density at radius 3 is 2.68 bits per heavy atom. The maximum absolute atomic E-state index is 12.3. The van der Waals surface area contributed by atoms with Gasteiger partial charge in [-0.2, -0.15) is 0 Å². The molecular weight excluding hydrogens is 242 g/mol. The van der Waals surface area contributed by atoms with Crippen molar-refractivity contribution in [3.8, 4) is 0 Å². The molecule has 0 aliphatic heterocycles. The molecule has 4 heteroatoms. The summed E-state index contributed by atoms with van der Waals surface area (Å²) < 4.78 is 0. The van der Waals surface area contributed by atoms with E-state index in [1.165, 1.54) is 4.90 Å². The lowest BCUT2D eigenvalue weighted by Gasteiger charge is -2.23. The van der Waals surface area contributed by atoms with Crippen LogP contribution in [0.2, 0.25) is 0 Å². The van der Waals surface area contributed by atoms with Crippen molar-refractivity contribution in [1.82, 2.24) is 4.90 Å². The van der Waals surface area contributed by atoms with Crippen molar-refractivity contribution in [2.24, 2.45) is 5.92 Å². The Morgan fingerprint density at radius 1 is 1.47 bits per heavy atom. The Labute approximate surface area is 113 Å². The smallest absolute Gasteiger partial charge is 0.308 e. The molecule has 0 saturated carbocycles. The molecule has 19 heavy (non-hydrogen) atoms. The van der Waals surface area contributed by atoms with Gasteiger partial charge in [0.15, 0.2) is 0 Å². The lowest BCUT2D eigenvalue weighted by Crippen LogP contribution is -2.37. The first-order chi connectivity index (χ1) is 8.95. The number of amides is 1. The van der Waals surface area contributed by atoms with E-state index in [1.807, 2.05) is 19.1 Å². The largest absolute Gasteiger partial charge is 0.481 e. The van der Waals surface area contributed by atoms with E-state index in [-0.39, 0.29) is 12.5 Å². The van der Waals surface area contributed by atoms with Gasteiger partial charge >= 0.3 is 5.97 Å². The van der Waals surface area contributed by atoms with Crippen molar-refractivity contribution in [3.63, 3.8) is 0 Å². The lowest BCUT2D eigenvalue weighted by molar-refractivity contribution is -0.141. The van der Waals surface area contributed by atoms with Gasteiger partial charge in [0.1, 0.15) is 0 Å². The van der Waals surface area contributed by atoms with Gasteiger partial charge in [0.25, 0.3) is 5.91 Å². The molecule has 0 heterocycles. The average Bonchev–Trinajstić information content (AvgIpc) is 2.37. The summed E-state index contributed by atoms with van der Waals surface area (Å²) in [4.78, 5) is 24.7. The van der Waals surface area contributed by atoms with Crippen molar-refractivity contribution in [2.75, 3.05) is 13.1 Å². The minimum Gasteiger partial charge on any atom is -0.481 e. The van der Waals surface area contributed by atoms with Crippen LogP contribution in [0.3, 0.4) is 0 Å². The van der Waals surface area contributed by atoms with Gasteiger partial charge in [0.05, 0.1) is 5.92 Å². The minimum atomic E-state index is -0.911. The third kappa shape index (κ3) is 4.25. The maximum Gasteiger partial charge on any atom is 0.308 e. The fraction of sp³-hybridized carbons (Fsp3) is 0.333. The first kappa shape index (κ1) is 15.0. The Kier molecular flexibility index (Phi) is 5.30. The van der Waals surface area contributed by atoms with Gasteiger partial charge in [0, 0.05) is 18.7 Å². The van der Waals surface area contributed by atoms with Crippen LogP contribution in [0.15, 0.2) is 36.9 Å². The van der Waals surface area contributed by atoms with Crippen molar-refractivity contribution in [3.05, 3.63) is 48.0 Å². The monoisotopic (exact) mass is 261 g/mol. The zero-order valence-corrected chi connectivity index (χ0v) is 11.3. The van der Waals surface area contributed by atoms with Gasteiger partial charge in [-0.05, 0) is 19.1 Å². The highest BCUT2D eigenvalue weighted by molar-refractivity contribution is 5.94. The fourth-order valence-electron chi connectivity index (χ4n) is 1.77. The quantitative estimate of drug-likeness (QED) is 0.800. The average molecular weight is 261 g/mol. The summed E-state index contributed by atoms with van der Waals surface area (Å²) in [6.07, 6.45) is 1.60. The molecule has 1 atom stereocenters. The molecular formula is C15H19NO3. The predicted molar refractivity (Wildman–Crippen MR) is 74.1 cm³/mol. The number of carbonyl (C=O) groups excluding carboxylic acids is 1. The Bertz CT molecular complexity index is 482. The molecule has 0 aromatic heterocycles. The number of nitrogens with zero attached hydrogens (tertiary/aromatic N) is 1. The molecule has 1 amide bonds. The van der Waals surface area contributed by atoms with Gasteiger partial charge in [0.2, 0.25) is 0 Å². The van der Waals surface area contributed by atoms with Crippen LogP contribution in [0, 0.1) is 12.8 Å². The number of aryl methyl sites for hydroxylation is 1. The molecule has 0 bridgehead atoms. The maximum atomic E-state index is 12.3. The third-order valence-corrected chi connectivity index (χ3v) is 2.82. The summed E-state index contributed by atoms with van der Waals surface area (Å²) >= 11 is 0. The van der Waals surface area contributed by atoms with E-state index in [1.54, 1.807) is 25.1 Å². The number of carbonyl (C=O) groups is 2. The van der Waals surface area contributed by atoms with E-state index < -0.39 is 11.9 Å². The highest BCUT2D eigenvalue weighted by Crippen LogP contribution is 2.10. The number of carboxylic acids is 1. The van der Waals surface area contributed by atoms with Gasteiger partial charge in [-0.1, -0.05) is 30.7 Å². The van der Waals surface area contributed by atoms with E-state index in [0.29, 0.717) is 12.1 Å². The van der Waals surface area contributed by atoms with Gasteiger partial charge in [-0.15, -0.1) is 6.58 Å². The van der Waals surface area contributed by atoms with Crippen LogP contribution in [-0.2, 0) is 4.79 Å². The molecule has 1 aromatic carbocycles. The Balaban J connectivity index is 2.89. The summed E-state index contributed by atoms with van der Waals surface area (Å²) in [7, 11) is 0. The standard InChI is InChI=1S/C15H19NO3/c1-4-8-16(10-12(3)15(18)19)14(17)13-7-5-6-11(2)9-13/h4-7,9,12H,1,8,10H2,2-3H3,(H,18,19). The molecule has 0 saturated heterocycles. The zero-order chi connectivity index (χ0) is 14.4. The number of rotatable bonds is 6. The highest BCUT2D eigenvalue weighted by atomic mass is 16.4. The number of carboxylic acid groups (broad SMARTS) is 1. The summed E-state index contributed by atoms with van der Waals surface area (Å²) in [6.45, 7) is 7.61. The number of hydrogen-bond donors (Lipinski definition) is 1. The van der Waals surface area contributed by atoms with Crippen molar-refractivity contribution in [1.29, 1.82) is 0 Å². The van der Waals surface area contributed by atoms with E-state index in [2.05, 4.69) is 6.58 Å². The summed E-state index contributed by atoms with van der Waals surface area (Å²) in [5.74, 6) is -1.68. The molecule has 0 aliphatic carbocycles. The molecule has 0 aliphatic rings. The van der Waals surface area contributed by atoms with Crippen LogP contribution >= 0.6 is 0 Å². The summed E-state index contributed by atoms with van der Waals surface area (Å²) in [5.41, 5.74) is 1.56. The third-order valence-electron chi connectivity index (χ3n) is 2.82. The summed E-state index contributed by atoms with van der Waals surface area (Å²) in [6, 6.07) is 7.25. The second-order valence-electron chi connectivity index (χ2n) is 4.61. The van der Waals surface area contributed by atoms with Crippen LogP contribution in [0.1, 0.15) is 22.8 Å². The normalized spacial score (nSPS) is 11.7. The molecule has 1 rings (SSSR count). The summed E-state index contributed by atoms with van der Waals surface area (Å²) in [5, 5.41) is 8.93. The van der Waals surface area contributed by atoms with Crippen LogP contribution < -0.4 is 0 Å². The van der Waals surface area contributed by atoms with Crippen molar-refractivity contribution in [2.45, 2.75) is 13.8 Å². The molecule has 0 radical (unpaired) electrons. The fourth-order valence-corrected chi connectivity index (χ4v) is 1.77. The van der Waals surface area contributed by atoms with Crippen LogP contribution in [0.4, 0.5) is 0 Å². The number of benzene rings is 1. The number of hydrogen-bond acceptors (Lipinski definition) is 2. The van der Waals surface area contributed by atoms with E-state index in [0.717, 1.165) is 5.56 Å². The second kappa shape index (κ2) is 6.73. The van der Waals surface area contributed by atoms with Crippen molar-refractivity contribution >= 4 is 11.9 Å². The highest BCUT2D eigenvalue weighted by Gasteiger charge is 2.20. The van der Waals surface area contributed by atoms with Gasteiger partial charge < -0.3 is 10.0 Å². The number of aliphatic carboxylic acids is 1. The van der Waals surface area contributed by atoms with Crippen LogP contribution in [0.5, 0.6) is 0 Å². The minimum absolute atomic E-state index is 0.170. The van der Waals surface area contributed by atoms with Crippen LogP contribution in [-0.4, -0.2) is 35.0 Å². The SMILES string of the molecule is C=CCN(CC(C)C(=O)O)C(=O)c1cccc(C)c1. The molecule has 4 nitrogen and oxygen atoms in total. The first-order valence-corrected chi connectivity index (χ1v) is 6.15. The molecule has 1 unspecified atom stereocenters. The predicted octanol–water partition coefficient (Wildman–Crippen LogP) is 2.34.